The summed E-state index contributed by atoms with van der Waals surface area (Å²) < 4.78 is 1.000. The zero-order valence-electron chi connectivity index (χ0n) is 15.3. The third kappa shape index (κ3) is 4.41. The molecule has 0 radical (unpaired) electrons. The van der Waals surface area contributed by atoms with Crippen LogP contribution >= 0.6 is 0 Å². The summed E-state index contributed by atoms with van der Waals surface area (Å²) >= 11 is 0. The van der Waals surface area contributed by atoms with Gasteiger partial charge in [-0.1, -0.05) is 32.1 Å². The molecule has 2 aromatic rings. The first-order valence-corrected chi connectivity index (χ1v) is 8.56. The van der Waals surface area contributed by atoms with Crippen molar-refractivity contribution in [2.75, 3.05) is 5.32 Å². The van der Waals surface area contributed by atoms with Gasteiger partial charge in [-0.3, -0.25) is 24.1 Å². The summed E-state index contributed by atoms with van der Waals surface area (Å²) in [5.41, 5.74) is -0.330. The van der Waals surface area contributed by atoms with Gasteiger partial charge in [0, 0.05) is 13.0 Å². The number of benzene rings is 1. The molecule has 3 N–H and O–H groups in total. The summed E-state index contributed by atoms with van der Waals surface area (Å²) in [6.45, 7) is 7.08. The lowest BCUT2D eigenvalue weighted by Crippen LogP contribution is -2.33. The van der Waals surface area contributed by atoms with E-state index in [1.165, 1.54) is 6.08 Å². The van der Waals surface area contributed by atoms with Crippen molar-refractivity contribution < 1.29 is 9.90 Å². The molecule has 1 amide bonds. The number of hydrogen-bond acceptors (Lipinski definition) is 5. The minimum Gasteiger partial charge on any atom is -0.494 e. The van der Waals surface area contributed by atoms with Crippen LogP contribution in [0.3, 0.4) is 0 Å². The number of nitrogens with one attached hydrogen (secondary N) is 2. The summed E-state index contributed by atoms with van der Waals surface area (Å²) in [5.74, 6) is -0.643. The third-order valence-electron chi connectivity index (χ3n) is 3.86. The van der Waals surface area contributed by atoms with Crippen LogP contribution in [0.1, 0.15) is 32.3 Å². The number of para-hydroxylation sites is 2. The first-order valence-electron chi connectivity index (χ1n) is 8.56. The van der Waals surface area contributed by atoms with E-state index in [9.17, 15) is 19.5 Å². The number of H-pyrrole nitrogens is 1. The van der Waals surface area contributed by atoms with Crippen molar-refractivity contribution >= 4 is 23.0 Å². The first kappa shape index (κ1) is 19.9. The summed E-state index contributed by atoms with van der Waals surface area (Å²) in [5, 5.41) is 13.2. The maximum atomic E-state index is 12.3. The predicted octanol–water partition coefficient (Wildman–Crippen LogP) is 2.31. The first-order chi connectivity index (χ1) is 12.9. The Bertz CT molecular complexity index is 1000. The molecule has 0 fully saturated rings. The monoisotopic (exact) mass is 370 g/mol. The number of hydrogen-bond donors (Lipinski definition) is 3. The SMILES string of the molecule is C=CCn1c(O)c(C(CC)=Nc2ccccc2NC(=O)CC)c(=O)[nH]c1=O. The van der Waals surface area contributed by atoms with Gasteiger partial charge in [-0.25, -0.2) is 4.79 Å². The van der Waals surface area contributed by atoms with E-state index in [0.29, 0.717) is 24.2 Å². The van der Waals surface area contributed by atoms with Gasteiger partial charge in [0.2, 0.25) is 11.8 Å². The van der Waals surface area contributed by atoms with Gasteiger partial charge in [-0.05, 0) is 18.6 Å². The maximum absolute atomic E-state index is 12.3. The Labute approximate surface area is 155 Å². The number of carbonyl (C=O) groups excluding carboxylic acids is 1. The summed E-state index contributed by atoms with van der Waals surface area (Å²) in [6, 6.07) is 6.88. The van der Waals surface area contributed by atoms with Crippen LogP contribution in [-0.4, -0.2) is 26.3 Å². The Morgan fingerprint density at radius 1 is 1.30 bits per heavy atom. The zero-order chi connectivity index (χ0) is 20.0. The van der Waals surface area contributed by atoms with Crippen LogP contribution in [0, 0.1) is 0 Å². The van der Waals surface area contributed by atoms with Crippen molar-refractivity contribution in [3.63, 3.8) is 0 Å². The molecule has 0 saturated carbocycles. The molecule has 8 nitrogen and oxygen atoms in total. The van der Waals surface area contributed by atoms with E-state index in [1.807, 2.05) is 0 Å². The molecular weight excluding hydrogens is 348 g/mol. The van der Waals surface area contributed by atoms with Gasteiger partial charge in [0.05, 0.1) is 17.1 Å². The molecule has 1 heterocycles. The topological polar surface area (TPSA) is 117 Å². The van der Waals surface area contributed by atoms with Crippen molar-refractivity contribution in [2.24, 2.45) is 4.99 Å². The molecule has 0 atom stereocenters. The highest BCUT2D eigenvalue weighted by Gasteiger charge is 2.18. The van der Waals surface area contributed by atoms with E-state index in [-0.39, 0.29) is 23.7 Å². The van der Waals surface area contributed by atoms with Gasteiger partial charge < -0.3 is 10.4 Å². The molecule has 1 aromatic heterocycles. The number of carbonyl (C=O) groups is 1. The zero-order valence-corrected chi connectivity index (χ0v) is 15.3. The van der Waals surface area contributed by atoms with Gasteiger partial charge in [0.25, 0.3) is 5.56 Å². The molecule has 0 saturated heterocycles. The van der Waals surface area contributed by atoms with Crippen LogP contribution in [-0.2, 0) is 11.3 Å². The van der Waals surface area contributed by atoms with E-state index in [2.05, 4.69) is 21.9 Å². The van der Waals surface area contributed by atoms with Crippen LogP contribution in [0.25, 0.3) is 0 Å². The quantitative estimate of drug-likeness (QED) is 0.512. The van der Waals surface area contributed by atoms with Crippen molar-refractivity contribution in [1.82, 2.24) is 9.55 Å². The summed E-state index contributed by atoms with van der Waals surface area (Å²) in [4.78, 5) is 42.6. The minimum absolute atomic E-state index is 0.0363. The maximum Gasteiger partial charge on any atom is 0.331 e. The highest BCUT2D eigenvalue weighted by atomic mass is 16.3. The second-order valence-electron chi connectivity index (χ2n) is 5.69. The van der Waals surface area contributed by atoms with Crippen molar-refractivity contribution in [1.29, 1.82) is 0 Å². The molecule has 2 rings (SSSR count). The van der Waals surface area contributed by atoms with Gasteiger partial charge in [-0.15, -0.1) is 6.58 Å². The number of aromatic nitrogens is 2. The highest BCUT2D eigenvalue weighted by Crippen LogP contribution is 2.26. The average molecular weight is 370 g/mol. The fraction of sp³-hybridized carbons (Fsp3) is 0.263. The lowest BCUT2D eigenvalue weighted by atomic mass is 10.1. The van der Waals surface area contributed by atoms with Gasteiger partial charge in [0.1, 0.15) is 5.56 Å². The van der Waals surface area contributed by atoms with E-state index in [4.69, 9.17) is 0 Å². The van der Waals surface area contributed by atoms with Crippen LogP contribution in [0.5, 0.6) is 5.88 Å². The van der Waals surface area contributed by atoms with E-state index >= 15 is 0 Å². The average Bonchev–Trinajstić information content (AvgIpc) is 2.65. The number of anilines is 1. The fourth-order valence-corrected chi connectivity index (χ4v) is 2.49. The largest absolute Gasteiger partial charge is 0.494 e. The second-order valence-corrected chi connectivity index (χ2v) is 5.69. The molecule has 0 spiro atoms. The molecule has 142 valence electrons. The van der Waals surface area contributed by atoms with Gasteiger partial charge in [-0.2, -0.15) is 0 Å². The van der Waals surface area contributed by atoms with Crippen LogP contribution in [0.2, 0.25) is 0 Å². The van der Waals surface area contributed by atoms with E-state index in [0.717, 1.165) is 4.57 Å². The molecule has 1 aromatic carbocycles. The Balaban J connectivity index is 2.64. The standard InChI is InChI=1S/C19H22N4O4/c1-4-11-23-18(26)16(17(25)22-19(23)27)12(5-2)20-13-9-7-8-10-14(13)21-15(24)6-3/h4,7-10,26H,1,5-6,11H2,2-3H3,(H,21,24)(H,22,25,27). The Hall–Kier alpha value is -3.42. The molecule has 8 heteroatoms. The molecule has 0 unspecified atom stereocenters. The molecule has 27 heavy (non-hydrogen) atoms. The summed E-state index contributed by atoms with van der Waals surface area (Å²) in [7, 11) is 0. The second kappa shape index (κ2) is 8.79. The smallest absolute Gasteiger partial charge is 0.331 e. The lowest BCUT2D eigenvalue weighted by molar-refractivity contribution is -0.115. The van der Waals surface area contributed by atoms with Crippen molar-refractivity contribution in [2.45, 2.75) is 33.2 Å². The number of aliphatic imine (C=N–C) groups is 1. The number of rotatable bonds is 7. The Morgan fingerprint density at radius 3 is 2.63 bits per heavy atom. The molecular formula is C19H22N4O4. The molecule has 0 aliphatic rings. The highest BCUT2D eigenvalue weighted by molar-refractivity contribution is 6.04. The molecule has 0 aliphatic heterocycles. The third-order valence-corrected chi connectivity index (χ3v) is 3.86. The van der Waals surface area contributed by atoms with Crippen LogP contribution in [0.4, 0.5) is 11.4 Å². The predicted molar refractivity (Wildman–Crippen MR) is 105 cm³/mol. The Kier molecular flexibility index (Phi) is 6.48. The van der Waals surface area contributed by atoms with Crippen LogP contribution < -0.4 is 16.6 Å². The number of aromatic amines is 1. The Morgan fingerprint density at radius 2 is 2.00 bits per heavy atom. The van der Waals surface area contributed by atoms with E-state index in [1.54, 1.807) is 38.1 Å². The van der Waals surface area contributed by atoms with E-state index < -0.39 is 17.1 Å². The van der Waals surface area contributed by atoms with Crippen molar-refractivity contribution in [3.05, 3.63) is 63.3 Å². The van der Waals surface area contributed by atoms with Crippen molar-refractivity contribution in [3.8, 4) is 5.88 Å². The molecule has 0 aliphatic carbocycles. The molecule has 0 bridgehead atoms. The fourth-order valence-electron chi connectivity index (χ4n) is 2.49. The normalized spacial score (nSPS) is 11.3. The lowest BCUT2D eigenvalue weighted by Gasteiger charge is -2.12. The number of allylic oxidation sites excluding steroid dienone is 1. The van der Waals surface area contributed by atoms with Gasteiger partial charge >= 0.3 is 5.69 Å². The number of amides is 1. The minimum atomic E-state index is -0.729. The number of aromatic hydroxyl groups is 1. The van der Waals surface area contributed by atoms with Gasteiger partial charge in [0.15, 0.2) is 0 Å². The summed E-state index contributed by atoms with van der Waals surface area (Å²) in [6.07, 6.45) is 2.06. The number of nitrogens with zero attached hydrogens (tertiary/aromatic N) is 2. The van der Waals surface area contributed by atoms with Crippen LogP contribution in [0.15, 0.2) is 51.5 Å².